The molecule has 5 nitrogen and oxygen atoms in total. The number of carbonyl (C=O) groups is 1. The van der Waals surface area contributed by atoms with Crippen LogP contribution in [0.5, 0.6) is 11.5 Å². The quantitative estimate of drug-likeness (QED) is 0.776. The summed E-state index contributed by atoms with van der Waals surface area (Å²) in [7, 11) is 0. The van der Waals surface area contributed by atoms with Crippen molar-refractivity contribution >= 4 is 17.6 Å². The molecule has 150 valence electrons. The molecule has 0 saturated carbocycles. The summed E-state index contributed by atoms with van der Waals surface area (Å²) in [5.74, 6) is 1.44. The Morgan fingerprint density at radius 3 is 2.54 bits per heavy atom. The van der Waals surface area contributed by atoms with Gasteiger partial charge in [-0.25, -0.2) is 4.79 Å². The monoisotopic (exact) mass is 402 g/mol. The van der Waals surface area contributed by atoms with Crippen molar-refractivity contribution in [3.63, 3.8) is 0 Å². The number of morpholine rings is 1. The molecule has 0 unspecified atom stereocenters. The highest BCUT2D eigenvalue weighted by molar-refractivity contribution is 6.30. The lowest BCUT2D eigenvalue weighted by Gasteiger charge is -2.35. The van der Waals surface area contributed by atoms with Crippen LogP contribution in [0.4, 0.5) is 4.79 Å². The zero-order valence-electron chi connectivity index (χ0n) is 16.8. The Morgan fingerprint density at radius 1 is 1.14 bits per heavy atom. The van der Waals surface area contributed by atoms with Crippen molar-refractivity contribution in [2.75, 3.05) is 13.1 Å². The molecule has 1 N–H and O–H groups in total. The van der Waals surface area contributed by atoms with Crippen LogP contribution in [0.2, 0.25) is 5.02 Å². The topological polar surface area (TPSA) is 50.8 Å². The van der Waals surface area contributed by atoms with Gasteiger partial charge in [0.25, 0.3) is 0 Å². The van der Waals surface area contributed by atoms with E-state index in [0.29, 0.717) is 30.4 Å². The molecule has 0 radical (unpaired) electrons. The molecule has 1 saturated heterocycles. The Balaban J connectivity index is 1.70. The number of rotatable bonds is 4. The first kappa shape index (κ1) is 20.5. The Labute approximate surface area is 171 Å². The summed E-state index contributed by atoms with van der Waals surface area (Å²) >= 11 is 6.17. The molecule has 6 heteroatoms. The standard InChI is InChI=1S/C22H27ClN2O3/c1-14-5-7-20(9-15(14)2)28-21-8-6-19(23)10-18(21)11-24-22(26)25-12-16(3)27-17(4)13-25/h5-10,16-17H,11-13H2,1-4H3,(H,24,26)/t16-,17+. The molecule has 0 spiro atoms. The minimum atomic E-state index is -0.112. The molecule has 1 fully saturated rings. The van der Waals surface area contributed by atoms with E-state index in [2.05, 4.69) is 19.2 Å². The molecule has 1 aliphatic heterocycles. The van der Waals surface area contributed by atoms with Gasteiger partial charge in [-0.05, 0) is 69.2 Å². The summed E-state index contributed by atoms with van der Waals surface area (Å²) < 4.78 is 11.8. The second kappa shape index (κ2) is 8.84. The van der Waals surface area contributed by atoms with Gasteiger partial charge in [0.1, 0.15) is 11.5 Å². The third-order valence-electron chi connectivity index (χ3n) is 4.87. The molecule has 0 aromatic heterocycles. The van der Waals surface area contributed by atoms with Crippen LogP contribution in [-0.2, 0) is 11.3 Å². The van der Waals surface area contributed by atoms with E-state index in [1.54, 1.807) is 11.0 Å². The van der Waals surface area contributed by atoms with Gasteiger partial charge >= 0.3 is 6.03 Å². The van der Waals surface area contributed by atoms with Crippen LogP contribution in [-0.4, -0.2) is 36.2 Å². The maximum atomic E-state index is 12.6. The number of hydrogen-bond donors (Lipinski definition) is 1. The fourth-order valence-electron chi connectivity index (χ4n) is 3.32. The molecule has 0 aliphatic carbocycles. The number of amides is 2. The van der Waals surface area contributed by atoms with Crippen molar-refractivity contribution in [2.24, 2.45) is 0 Å². The SMILES string of the molecule is Cc1ccc(Oc2ccc(Cl)cc2CNC(=O)N2C[C@@H](C)O[C@@H](C)C2)cc1C. The van der Waals surface area contributed by atoms with E-state index in [0.717, 1.165) is 16.9 Å². The Morgan fingerprint density at radius 2 is 1.86 bits per heavy atom. The predicted octanol–water partition coefficient (Wildman–Crippen LogP) is 5.07. The van der Waals surface area contributed by atoms with Crippen LogP contribution in [0, 0.1) is 13.8 Å². The molecule has 2 amide bonds. The second-order valence-electron chi connectivity index (χ2n) is 7.42. The van der Waals surface area contributed by atoms with E-state index in [9.17, 15) is 4.79 Å². The Bertz CT molecular complexity index is 846. The van der Waals surface area contributed by atoms with E-state index >= 15 is 0 Å². The highest BCUT2D eigenvalue weighted by atomic mass is 35.5. The summed E-state index contributed by atoms with van der Waals surface area (Å²) in [5.41, 5.74) is 3.20. The molecule has 0 bridgehead atoms. The van der Waals surface area contributed by atoms with E-state index in [4.69, 9.17) is 21.1 Å². The van der Waals surface area contributed by atoms with Crippen LogP contribution < -0.4 is 10.1 Å². The molecule has 2 aromatic rings. The van der Waals surface area contributed by atoms with E-state index in [-0.39, 0.29) is 18.2 Å². The summed E-state index contributed by atoms with van der Waals surface area (Å²) in [5, 5.41) is 3.58. The lowest BCUT2D eigenvalue weighted by atomic mass is 10.1. The highest BCUT2D eigenvalue weighted by Gasteiger charge is 2.25. The van der Waals surface area contributed by atoms with Crippen LogP contribution in [0.3, 0.4) is 0 Å². The first-order valence-electron chi connectivity index (χ1n) is 9.53. The third-order valence-corrected chi connectivity index (χ3v) is 5.10. The first-order valence-corrected chi connectivity index (χ1v) is 9.91. The van der Waals surface area contributed by atoms with Gasteiger partial charge in [-0.3, -0.25) is 0 Å². The summed E-state index contributed by atoms with van der Waals surface area (Å²) in [6, 6.07) is 11.3. The number of ether oxygens (including phenoxy) is 2. The average molecular weight is 403 g/mol. The summed E-state index contributed by atoms with van der Waals surface area (Å²) in [4.78, 5) is 14.4. The van der Waals surface area contributed by atoms with Crippen LogP contribution >= 0.6 is 11.6 Å². The van der Waals surface area contributed by atoms with Gasteiger partial charge in [0.2, 0.25) is 0 Å². The summed E-state index contributed by atoms with van der Waals surface area (Å²) in [6.07, 6.45) is 0.0636. The van der Waals surface area contributed by atoms with Crippen molar-refractivity contribution < 1.29 is 14.3 Å². The zero-order chi connectivity index (χ0) is 20.3. The van der Waals surface area contributed by atoms with Gasteiger partial charge in [-0.2, -0.15) is 0 Å². The van der Waals surface area contributed by atoms with Crippen molar-refractivity contribution in [3.05, 3.63) is 58.1 Å². The Kier molecular flexibility index (Phi) is 6.47. The molecule has 3 rings (SSSR count). The lowest BCUT2D eigenvalue weighted by molar-refractivity contribution is -0.0545. The molecular weight excluding hydrogens is 376 g/mol. The number of aryl methyl sites for hydroxylation is 2. The maximum Gasteiger partial charge on any atom is 0.317 e. The predicted molar refractivity (Wildman–Crippen MR) is 111 cm³/mol. The van der Waals surface area contributed by atoms with Crippen molar-refractivity contribution in [3.8, 4) is 11.5 Å². The molecule has 2 atom stereocenters. The number of halogens is 1. The number of nitrogens with zero attached hydrogens (tertiary/aromatic N) is 1. The largest absolute Gasteiger partial charge is 0.457 e. The number of hydrogen-bond acceptors (Lipinski definition) is 3. The average Bonchev–Trinajstić information content (AvgIpc) is 2.63. The lowest BCUT2D eigenvalue weighted by Crippen LogP contribution is -2.51. The van der Waals surface area contributed by atoms with Crippen molar-refractivity contribution in [2.45, 2.75) is 46.4 Å². The van der Waals surface area contributed by atoms with Crippen LogP contribution in [0.1, 0.15) is 30.5 Å². The molecule has 2 aromatic carbocycles. The fourth-order valence-corrected chi connectivity index (χ4v) is 3.51. The minimum Gasteiger partial charge on any atom is -0.457 e. The van der Waals surface area contributed by atoms with Gasteiger partial charge in [0.15, 0.2) is 0 Å². The number of benzene rings is 2. The maximum absolute atomic E-state index is 12.6. The van der Waals surface area contributed by atoms with Crippen molar-refractivity contribution in [1.29, 1.82) is 0 Å². The second-order valence-corrected chi connectivity index (χ2v) is 7.86. The van der Waals surface area contributed by atoms with Crippen LogP contribution in [0.15, 0.2) is 36.4 Å². The number of carbonyl (C=O) groups excluding carboxylic acids is 1. The highest BCUT2D eigenvalue weighted by Crippen LogP contribution is 2.29. The van der Waals surface area contributed by atoms with Gasteiger partial charge in [0, 0.05) is 30.2 Å². The van der Waals surface area contributed by atoms with Gasteiger partial charge in [-0.15, -0.1) is 0 Å². The minimum absolute atomic E-state index is 0.0318. The molecular formula is C22H27ClN2O3. The fraction of sp³-hybridized carbons (Fsp3) is 0.409. The van der Waals surface area contributed by atoms with Gasteiger partial charge < -0.3 is 19.7 Å². The summed E-state index contributed by atoms with van der Waals surface area (Å²) in [6.45, 7) is 9.56. The van der Waals surface area contributed by atoms with Crippen molar-refractivity contribution in [1.82, 2.24) is 10.2 Å². The molecule has 1 heterocycles. The zero-order valence-corrected chi connectivity index (χ0v) is 17.5. The van der Waals surface area contributed by atoms with Gasteiger partial charge in [0.05, 0.1) is 12.2 Å². The van der Waals surface area contributed by atoms with Gasteiger partial charge in [-0.1, -0.05) is 17.7 Å². The van der Waals surface area contributed by atoms with E-state index in [1.807, 2.05) is 44.2 Å². The first-order chi connectivity index (χ1) is 13.3. The molecule has 1 aliphatic rings. The number of urea groups is 1. The normalized spacial score (nSPS) is 19.4. The number of nitrogens with one attached hydrogen (secondary N) is 1. The van der Waals surface area contributed by atoms with E-state index in [1.165, 1.54) is 5.56 Å². The molecule has 28 heavy (non-hydrogen) atoms. The van der Waals surface area contributed by atoms with E-state index < -0.39 is 0 Å². The third kappa shape index (κ3) is 5.18. The Hall–Kier alpha value is -2.24. The van der Waals surface area contributed by atoms with Crippen LogP contribution in [0.25, 0.3) is 0 Å². The smallest absolute Gasteiger partial charge is 0.317 e.